The molecule has 0 aliphatic heterocycles. The second kappa shape index (κ2) is 9.47. The van der Waals surface area contributed by atoms with E-state index in [9.17, 15) is 19.5 Å². The van der Waals surface area contributed by atoms with E-state index in [-0.39, 0.29) is 30.9 Å². The summed E-state index contributed by atoms with van der Waals surface area (Å²) in [6.07, 6.45) is -0.118. The molecule has 1 amide bonds. The fourth-order valence-electron chi connectivity index (χ4n) is 1.48. The van der Waals surface area contributed by atoms with Gasteiger partial charge in [-0.05, 0) is 12.0 Å². The lowest BCUT2D eigenvalue weighted by Gasteiger charge is -2.31. The second-order valence-electron chi connectivity index (χ2n) is 7.14. The average Bonchev–Trinajstić information content (AvgIpc) is 2.42. The van der Waals surface area contributed by atoms with Gasteiger partial charge in [0.2, 0.25) is 5.91 Å². The summed E-state index contributed by atoms with van der Waals surface area (Å²) < 4.78 is 4.73. The van der Waals surface area contributed by atoms with Crippen LogP contribution < -0.4 is 5.32 Å². The first-order chi connectivity index (χ1) is 10.9. The summed E-state index contributed by atoms with van der Waals surface area (Å²) >= 11 is 0. The number of carbonyl (C=O) groups excluding carboxylic acids is 2. The van der Waals surface area contributed by atoms with Crippen LogP contribution in [0.2, 0.25) is 18.1 Å². The molecule has 0 aromatic rings. The number of aliphatic carboxylic acids is 1. The summed E-state index contributed by atoms with van der Waals surface area (Å²) in [6, 6.07) is -1.07. The van der Waals surface area contributed by atoms with Crippen molar-refractivity contribution in [1.29, 1.82) is 0 Å². The van der Waals surface area contributed by atoms with Gasteiger partial charge in [-0.25, -0.2) is 4.79 Å². The van der Waals surface area contributed by atoms with Crippen molar-refractivity contribution in [3.63, 3.8) is 0 Å². The van der Waals surface area contributed by atoms with Crippen molar-refractivity contribution in [1.82, 2.24) is 5.32 Å². The van der Waals surface area contributed by atoms with E-state index in [0.717, 1.165) is 0 Å². The molecule has 0 rings (SSSR count). The lowest BCUT2D eigenvalue weighted by molar-refractivity contribution is -0.144. The van der Waals surface area contributed by atoms with Gasteiger partial charge < -0.3 is 15.2 Å². The first-order valence-corrected chi connectivity index (χ1v) is 11.1. The minimum atomic E-state index is -1.81. The van der Waals surface area contributed by atoms with Gasteiger partial charge in [-0.2, -0.15) is 0 Å². The number of carbonyl (C=O) groups is 3. The maximum atomic E-state index is 11.8. The maximum Gasteiger partial charge on any atom is 0.327 e. The van der Waals surface area contributed by atoms with Crippen molar-refractivity contribution < 1.29 is 24.2 Å². The highest BCUT2D eigenvalue weighted by Gasteiger charge is 2.33. The Morgan fingerprint density at radius 2 is 1.79 bits per heavy atom. The Balaban J connectivity index is 4.66. The molecule has 0 unspecified atom stereocenters. The molecule has 0 radical (unpaired) electrons. The fraction of sp³-hybridized carbons (Fsp3) is 0.706. The van der Waals surface area contributed by atoms with Crippen LogP contribution in [0, 0.1) is 11.5 Å². The quantitative estimate of drug-likeness (QED) is 0.415. The molecule has 136 valence electrons. The molecule has 6 nitrogen and oxygen atoms in total. The van der Waals surface area contributed by atoms with Gasteiger partial charge in [0.05, 0.1) is 13.0 Å². The third-order valence-corrected chi connectivity index (χ3v) is 8.63. The van der Waals surface area contributed by atoms with Crippen molar-refractivity contribution in [2.45, 2.75) is 71.1 Å². The molecule has 0 aliphatic carbocycles. The molecule has 1 atom stereocenters. The summed E-state index contributed by atoms with van der Waals surface area (Å²) in [5.41, 5.74) is 3.22. The Labute approximate surface area is 145 Å². The Morgan fingerprint density at radius 3 is 2.25 bits per heavy atom. The van der Waals surface area contributed by atoms with Crippen LogP contribution in [0.1, 0.15) is 47.0 Å². The van der Waals surface area contributed by atoms with Gasteiger partial charge in [-0.3, -0.25) is 9.59 Å². The second-order valence-corrected chi connectivity index (χ2v) is 12.1. The zero-order valence-electron chi connectivity index (χ0n) is 15.5. The third kappa shape index (κ3) is 8.16. The Bertz CT molecular complexity index is 525. The van der Waals surface area contributed by atoms with Crippen molar-refractivity contribution in [2.24, 2.45) is 0 Å². The highest BCUT2D eigenvalue weighted by Crippen LogP contribution is 2.35. The molecule has 0 aromatic heterocycles. The first kappa shape index (κ1) is 22.2. The van der Waals surface area contributed by atoms with Gasteiger partial charge in [0.15, 0.2) is 0 Å². The van der Waals surface area contributed by atoms with Gasteiger partial charge in [0, 0.05) is 12.8 Å². The normalized spacial score (nSPS) is 12.6. The molecule has 0 fully saturated rings. The van der Waals surface area contributed by atoms with Gasteiger partial charge in [-0.1, -0.05) is 33.9 Å². The molecule has 0 spiro atoms. The van der Waals surface area contributed by atoms with E-state index in [1.807, 2.05) is 0 Å². The molecule has 0 saturated heterocycles. The van der Waals surface area contributed by atoms with Gasteiger partial charge >= 0.3 is 11.9 Å². The minimum absolute atomic E-state index is 0.0486. The SMILES string of the molecule is CCOC(=O)CCC(=O)N[C@@H](CC#C[Si](C)(C)C(C)(C)C)C(=O)O. The number of hydrogen-bond acceptors (Lipinski definition) is 4. The van der Waals surface area contributed by atoms with Gasteiger partial charge in [-0.15, -0.1) is 11.5 Å². The largest absolute Gasteiger partial charge is 0.480 e. The topological polar surface area (TPSA) is 92.7 Å². The Morgan fingerprint density at radius 1 is 1.21 bits per heavy atom. The van der Waals surface area contributed by atoms with E-state index >= 15 is 0 Å². The molecule has 0 saturated carbocycles. The number of hydrogen-bond donors (Lipinski definition) is 2. The summed E-state index contributed by atoms with van der Waals surface area (Å²) in [5.74, 6) is 0.823. The summed E-state index contributed by atoms with van der Waals surface area (Å²) in [5, 5.41) is 11.7. The Kier molecular flexibility index (Phi) is 8.76. The number of amides is 1. The fourth-order valence-corrected chi connectivity index (χ4v) is 2.40. The van der Waals surface area contributed by atoms with Crippen LogP contribution in [0.3, 0.4) is 0 Å². The molecule has 2 N–H and O–H groups in total. The molecule has 24 heavy (non-hydrogen) atoms. The van der Waals surface area contributed by atoms with Crippen LogP contribution in [0.4, 0.5) is 0 Å². The molecule has 0 aromatic carbocycles. The van der Waals surface area contributed by atoms with E-state index in [4.69, 9.17) is 4.74 Å². The van der Waals surface area contributed by atoms with E-state index in [2.05, 4.69) is 50.6 Å². The number of ether oxygens (including phenoxy) is 1. The predicted octanol–water partition coefficient (Wildman–Crippen LogP) is 2.34. The average molecular weight is 356 g/mol. The monoisotopic (exact) mass is 355 g/mol. The highest BCUT2D eigenvalue weighted by molar-refractivity contribution is 6.87. The Hall–Kier alpha value is -1.81. The molecule has 7 heteroatoms. The lowest BCUT2D eigenvalue weighted by atomic mass is 10.2. The van der Waals surface area contributed by atoms with Crippen molar-refractivity contribution >= 4 is 25.9 Å². The first-order valence-electron chi connectivity index (χ1n) is 8.08. The van der Waals surface area contributed by atoms with Crippen LogP contribution in [0.5, 0.6) is 0 Å². The molecular formula is C17H29NO5Si. The predicted molar refractivity (Wildman–Crippen MR) is 95.0 cm³/mol. The van der Waals surface area contributed by atoms with Gasteiger partial charge in [0.25, 0.3) is 0 Å². The van der Waals surface area contributed by atoms with Gasteiger partial charge in [0.1, 0.15) is 14.1 Å². The number of esters is 1. The van der Waals surface area contributed by atoms with Crippen LogP contribution in [0.25, 0.3) is 0 Å². The molecule has 0 bridgehead atoms. The van der Waals surface area contributed by atoms with Crippen LogP contribution in [-0.4, -0.2) is 43.7 Å². The van der Waals surface area contributed by atoms with Crippen molar-refractivity contribution in [3.8, 4) is 11.5 Å². The van der Waals surface area contributed by atoms with E-state index < -0.39 is 32.0 Å². The van der Waals surface area contributed by atoms with E-state index in [0.29, 0.717) is 0 Å². The standard InChI is InChI=1S/C17H29NO5Si/c1-7-23-15(20)11-10-14(19)18-13(16(21)22)9-8-12-24(5,6)17(2,3)4/h13H,7,9-11H2,1-6H3,(H,18,19)(H,21,22)/t13-/m0/s1. The lowest BCUT2D eigenvalue weighted by Crippen LogP contribution is -2.41. The van der Waals surface area contributed by atoms with Crippen LogP contribution in [-0.2, 0) is 19.1 Å². The third-order valence-electron chi connectivity index (χ3n) is 4.08. The molecule has 0 aliphatic rings. The zero-order valence-corrected chi connectivity index (χ0v) is 16.5. The number of rotatable bonds is 7. The van der Waals surface area contributed by atoms with Crippen LogP contribution >= 0.6 is 0 Å². The maximum absolute atomic E-state index is 11.8. The van der Waals surface area contributed by atoms with E-state index in [1.54, 1.807) is 6.92 Å². The van der Waals surface area contributed by atoms with E-state index in [1.165, 1.54) is 0 Å². The molecular weight excluding hydrogens is 326 g/mol. The number of nitrogens with one attached hydrogen (secondary N) is 1. The highest BCUT2D eigenvalue weighted by atomic mass is 28.3. The summed E-state index contributed by atoms with van der Waals surface area (Å²) in [6.45, 7) is 12.6. The molecule has 0 heterocycles. The summed E-state index contributed by atoms with van der Waals surface area (Å²) in [7, 11) is -1.81. The zero-order chi connectivity index (χ0) is 19.0. The number of carboxylic acids is 1. The minimum Gasteiger partial charge on any atom is -0.480 e. The van der Waals surface area contributed by atoms with Crippen molar-refractivity contribution in [2.75, 3.05) is 6.61 Å². The smallest absolute Gasteiger partial charge is 0.327 e. The summed E-state index contributed by atoms with van der Waals surface area (Å²) in [4.78, 5) is 34.2. The van der Waals surface area contributed by atoms with Crippen LogP contribution in [0.15, 0.2) is 0 Å². The van der Waals surface area contributed by atoms with Crippen molar-refractivity contribution in [3.05, 3.63) is 0 Å². The number of carboxylic acid groups (broad SMARTS) is 1.